The normalized spacial score (nSPS) is 11.0. The first kappa shape index (κ1) is 56.3. The molecule has 0 radical (unpaired) electrons. The topological polar surface area (TPSA) is 155 Å². The molecule has 0 spiro atoms. The summed E-state index contributed by atoms with van der Waals surface area (Å²) in [7, 11) is 0. The Morgan fingerprint density at radius 2 is 0.513 bits per heavy atom. The second-order valence-electron chi connectivity index (χ2n) is 19.6. The van der Waals surface area contributed by atoms with E-state index in [0.717, 1.165) is 60.3 Å². The third-order valence-electron chi connectivity index (χ3n) is 13.1. The van der Waals surface area contributed by atoms with Crippen LogP contribution in [0.15, 0.2) is 140 Å². The summed E-state index contributed by atoms with van der Waals surface area (Å²) in [4.78, 5) is 23.9. The van der Waals surface area contributed by atoms with Crippen LogP contribution >= 0.6 is 0 Å². The molecule has 0 atom stereocenters. The van der Waals surface area contributed by atoms with Gasteiger partial charge in [-0.05, 0) is 109 Å². The Morgan fingerprint density at radius 3 is 0.789 bits per heavy atom. The first-order valence-electron chi connectivity index (χ1n) is 28.4. The molecule has 7 rings (SSSR count). The molecule has 0 bridgehead atoms. The van der Waals surface area contributed by atoms with E-state index in [4.69, 9.17) is 34.4 Å². The van der Waals surface area contributed by atoms with Gasteiger partial charge in [0.15, 0.2) is 0 Å². The Morgan fingerprint density at radius 1 is 0.276 bits per heavy atom. The van der Waals surface area contributed by atoms with Gasteiger partial charge in [-0.2, -0.15) is 0 Å². The van der Waals surface area contributed by atoms with E-state index < -0.39 is 0 Å². The van der Waals surface area contributed by atoms with E-state index in [9.17, 15) is 0 Å². The number of hydrogen-bond acceptors (Lipinski definition) is 13. The van der Waals surface area contributed by atoms with Gasteiger partial charge in [0.25, 0.3) is 0 Å². The molecule has 0 unspecified atom stereocenters. The minimum absolute atomic E-state index is 0.624. The maximum atomic E-state index is 6.02. The fourth-order valence-electron chi connectivity index (χ4n) is 8.80. The van der Waals surface area contributed by atoms with Crippen LogP contribution in [-0.4, -0.2) is 38.1 Å². The quantitative estimate of drug-likeness (QED) is 0.0204. The van der Waals surface area contributed by atoms with Crippen LogP contribution in [0.25, 0.3) is 0 Å². The van der Waals surface area contributed by atoms with Crippen molar-refractivity contribution in [2.45, 2.75) is 155 Å². The highest BCUT2D eigenvalue weighted by Crippen LogP contribution is 2.24. The molecule has 0 saturated heterocycles. The number of benzene rings is 2. The van der Waals surface area contributed by atoms with E-state index in [1.165, 1.54) is 116 Å². The van der Waals surface area contributed by atoms with E-state index in [-0.39, 0.29) is 0 Å². The predicted molar refractivity (Wildman–Crippen MR) is 317 cm³/mol. The maximum absolute atomic E-state index is 6.02. The number of nitrogens with zero attached hydrogens (tertiary/aromatic N) is 5. The lowest BCUT2D eigenvalue weighted by Crippen LogP contribution is -2.05. The zero-order chi connectivity index (χ0) is 52.5. The lowest BCUT2D eigenvalue weighted by molar-refractivity contribution is 0.304. The van der Waals surface area contributed by atoms with Crippen molar-refractivity contribution in [3.05, 3.63) is 151 Å². The largest absolute Gasteiger partial charge is 0.494 e. The first-order chi connectivity index (χ1) is 37.6. The average Bonchev–Trinajstić information content (AvgIpc) is 3.44. The van der Waals surface area contributed by atoms with Crippen molar-refractivity contribution in [2.75, 3.05) is 45.1 Å². The molecule has 2 aromatic carbocycles. The molecule has 0 fully saturated rings. The van der Waals surface area contributed by atoms with Gasteiger partial charge in [0, 0.05) is 13.1 Å². The summed E-state index contributed by atoms with van der Waals surface area (Å²) in [6.07, 6.45) is 26.4. The Labute approximate surface area is 453 Å². The van der Waals surface area contributed by atoms with Crippen LogP contribution < -0.4 is 41.4 Å². The van der Waals surface area contributed by atoms with Crippen LogP contribution in [0.2, 0.25) is 0 Å². The molecular formula is C63H83N11O2. The van der Waals surface area contributed by atoms with E-state index in [1.807, 2.05) is 91.0 Å². The minimum atomic E-state index is 0.624. The van der Waals surface area contributed by atoms with Crippen molar-refractivity contribution in [3.8, 4) is 11.5 Å². The van der Waals surface area contributed by atoms with Gasteiger partial charge in [-0.1, -0.05) is 184 Å². The van der Waals surface area contributed by atoms with Gasteiger partial charge in [0.05, 0.1) is 13.2 Å². The molecule has 76 heavy (non-hydrogen) atoms. The third kappa shape index (κ3) is 21.8. The molecule has 402 valence electrons. The van der Waals surface area contributed by atoms with E-state index >= 15 is 0 Å². The molecule has 0 aliphatic carbocycles. The number of aromatic nitrogens is 5. The van der Waals surface area contributed by atoms with Crippen molar-refractivity contribution >= 4 is 58.2 Å². The van der Waals surface area contributed by atoms with Gasteiger partial charge >= 0.3 is 0 Å². The lowest BCUT2D eigenvalue weighted by atomic mass is 10.1. The van der Waals surface area contributed by atoms with Crippen molar-refractivity contribution in [2.24, 2.45) is 0 Å². The molecule has 0 amide bonds. The van der Waals surface area contributed by atoms with Gasteiger partial charge in [-0.15, -0.1) is 0 Å². The molecule has 13 heteroatoms. The lowest BCUT2D eigenvalue weighted by Gasteiger charge is -2.12. The molecule has 5 heterocycles. The summed E-state index contributed by atoms with van der Waals surface area (Å²) in [5.74, 6) is 8.51. The highest BCUT2D eigenvalue weighted by atomic mass is 16.5. The van der Waals surface area contributed by atoms with Crippen LogP contribution in [-0.2, 0) is 13.1 Å². The Balaban J connectivity index is 0.800. The summed E-state index contributed by atoms with van der Waals surface area (Å²) < 4.78 is 12.0. The predicted octanol–water partition coefficient (Wildman–Crippen LogP) is 17.5. The zero-order valence-corrected chi connectivity index (χ0v) is 45.3. The Bertz CT molecular complexity index is 2500. The summed E-state index contributed by atoms with van der Waals surface area (Å²) in [6, 6.07) is 45.5. The SMILES string of the molecule is CCCCCCCCCCCCOc1ccc(CNc2cccc(Nc3cccc(Nc4cccc(Nc5cccc(Nc6cccc(NCc7ccc(OCCCCCCCCCCCC)cc7)n6)n5)n4)n3)n2)cc1. The third-order valence-corrected chi connectivity index (χ3v) is 13.1. The van der Waals surface area contributed by atoms with Gasteiger partial charge < -0.3 is 41.4 Å². The fourth-order valence-corrected chi connectivity index (χ4v) is 8.80. The number of anilines is 10. The molecule has 0 aliphatic rings. The van der Waals surface area contributed by atoms with Gasteiger partial charge in [-0.3, -0.25) is 0 Å². The molecule has 13 nitrogen and oxygen atoms in total. The summed E-state index contributed by atoms with van der Waals surface area (Å²) in [6.45, 7) is 7.36. The minimum Gasteiger partial charge on any atom is -0.494 e. The van der Waals surface area contributed by atoms with Gasteiger partial charge in [0.1, 0.15) is 69.7 Å². The average molecular weight is 1030 g/mol. The second kappa shape index (κ2) is 33.5. The maximum Gasteiger partial charge on any atom is 0.133 e. The summed E-state index contributed by atoms with van der Waals surface area (Å²) in [5.41, 5.74) is 2.30. The Hall–Kier alpha value is -7.41. The van der Waals surface area contributed by atoms with Crippen molar-refractivity contribution in [1.29, 1.82) is 0 Å². The fraction of sp³-hybridized carbons (Fsp3) is 0.413. The molecule has 0 aliphatic heterocycles. The van der Waals surface area contributed by atoms with Gasteiger partial charge in [-0.25, -0.2) is 24.9 Å². The van der Waals surface area contributed by atoms with Crippen LogP contribution in [0, 0.1) is 0 Å². The van der Waals surface area contributed by atoms with Crippen molar-refractivity contribution in [3.63, 3.8) is 0 Å². The highest BCUT2D eigenvalue weighted by molar-refractivity contribution is 5.63. The number of unbranched alkanes of at least 4 members (excludes halogenated alkanes) is 18. The van der Waals surface area contributed by atoms with Crippen molar-refractivity contribution < 1.29 is 9.47 Å². The number of nitrogens with one attached hydrogen (secondary N) is 6. The standard InChI is InChI=1S/C63H83N11O2/c1-3-5-7-9-11-13-15-17-19-21-46-75-52-42-38-50(39-43-52)48-64-54-28-23-30-56(66-54)68-58-32-25-34-60(70-58)72-62-36-27-37-63(74-62)73-61-35-26-33-59(71-61)69-57-31-24-29-55(67-57)65-49-51-40-44-53(45-41-51)76-47-22-20-18-16-14-12-10-8-6-4-2/h23-45H,3-22,46-49H2,1-2H3,(H6,64,65,66,67,68,69,70,71,72,73,74). The van der Waals surface area contributed by atoms with Gasteiger partial charge in [0.2, 0.25) is 0 Å². The summed E-state index contributed by atoms with van der Waals surface area (Å²) in [5, 5.41) is 20.3. The molecule has 7 aromatic rings. The highest BCUT2D eigenvalue weighted by Gasteiger charge is 2.08. The first-order valence-corrected chi connectivity index (χ1v) is 28.4. The number of hydrogen-bond donors (Lipinski definition) is 6. The molecule has 0 saturated carbocycles. The zero-order valence-electron chi connectivity index (χ0n) is 45.3. The van der Waals surface area contributed by atoms with E-state index in [2.05, 4.69) is 94.3 Å². The van der Waals surface area contributed by atoms with Crippen LogP contribution in [0.3, 0.4) is 0 Å². The van der Waals surface area contributed by atoms with E-state index in [0.29, 0.717) is 59.6 Å². The molecule has 6 N–H and O–H groups in total. The monoisotopic (exact) mass is 1030 g/mol. The number of rotatable bonds is 38. The summed E-state index contributed by atoms with van der Waals surface area (Å²) >= 11 is 0. The molecule has 5 aromatic heterocycles. The van der Waals surface area contributed by atoms with Crippen LogP contribution in [0.5, 0.6) is 11.5 Å². The molecular weight excluding hydrogens is 943 g/mol. The van der Waals surface area contributed by atoms with Crippen molar-refractivity contribution in [1.82, 2.24) is 24.9 Å². The number of ether oxygens (including phenoxy) is 2. The second-order valence-corrected chi connectivity index (χ2v) is 19.6. The smallest absolute Gasteiger partial charge is 0.133 e. The Kier molecular flexibility index (Phi) is 24.8. The van der Waals surface area contributed by atoms with E-state index in [1.54, 1.807) is 0 Å². The van der Waals surface area contributed by atoms with Crippen LogP contribution in [0.1, 0.15) is 153 Å². The van der Waals surface area contributed by atoms with Crippen LogP contribution in [0.4, 0.5) is 58.2 Å². The number of pyridine rings is 5.